The van der Waals surface area contributed by atoms with Crippen LogP contribution in [0.1, 0.15) is 32.1 Å². The molecule has 0 aromatic carbocycles. The number of carbonyl (C=O) groups is 2. The van der Waals surface area contributed by atoms with Crippen molar-refractivity contribution in [3.05, 3.63) is 18.3 Å². The highest BCUT2D eigenvalue weighted by Gasteiger charge is 2.32. The number of rotatable bonds is 5. The predicted molar refractivity (Wildman–Crippen MR) is 84.1 cm³/mol. The monoisotopic (exact) mass is 302 g/mol. The standard InChI is InChI=1S/C16H22N4O2/c17-8-11-2-1-3-13(11)16(22)19-12-6-7-14(18-9-12)20-15(21)10-4-5-10/h6-7,9-11,13H,1-5,8,17H2,(H,19,22)(H,18,20,21)/t11-,13-/m1/s1. The number of aromatic nitrogens is 1. The molecule has 0 aliphatic heterocycles. The van der Waals surface area contributed by atoms with Gasteiger partial charge in [-0.15, -0.1) is 0 Å². The van der Waals surface area contributed by atoms with Crippen molar-refractivity contribution in [2.24, 2.45) is 23.5 Å². The molecule has 118 valence electrons. The summed E-state index contributed by atoms with van der Waals surface area (Å²) in [5, 5.41) is 5.67. The van der Waals surface area contributed by atoms with Gasteiger partial charge >= 0.3 is 0 Å². The molecule has 1 heterocycles. The highest BCUT2D eigenvalue weighted by molar-refractivity contribution is 5.94. The molecule has 6 nitrogen and oxygen atoms in total. The first kappa shape index (κ1) is 15.0. The molecule has 0 spiro atoms. The molecular weight excluding hydrogens is 280 g/mol. The number of nitrogens with two attached hydrogens (primary N) is 1. The normalized spacial score (nSPS) is 24.0. The summed E-state index contributed by atoms with van der Waals surface area (Å²) in [4.78, 5) is 28.1. The molecule has 2 atom stereocenters. The molecule has 2 amide bonds. The minimum atomic E-state index is -0.000698. The van der Waals surface area contributed by atoms with Crippen molar-refractivity contribution < 1.29 is 9.59 Å². The SMILES string of the molecule is NC[C@H]1CCC[C@H]1C(=O)Nc1ccc(NC(=O)C2CC2)nc1. The number of hydrogen-bond donors (Lipinski definition) is 3. The maximum atomic E-state index is 12.3. The van der Waals surface area contributed by atoms with Crippen LogP contribution in [0.5, 0.6) is 0 Å². The zero-order chi connectivity index (χ0) is 15.5. The van der Waals surface area contributed by atoms with Crippen LogP contribution < -0.4 is 16.4 Å². The number of nitrogens with zero attached hydrogens (tertiary/aromatic N) is 1. The van der Waals surface area contributed by atoms with Gasteiger partial charge in [-0.3, -0.25) is 9.59 Å². The molecule has 22 heavy (non-hydrogen) atoms. The second-order valence-electron chi connectivity index (χ2n) is 6.22. The average molecular weight is 302 g/mol. The van der Waals surface area contributed by atoms with Gasteiger partial charge in [-0.25, -0.2) is 4.98 Å². The Morgan fingerprint density at radius 3 is 2.59 bits per heavy atom. The molecule has 6 heteroatoms. The molecule has 0 bridgehead atoms. The Bertz CT molecular complexity index is 554. The summed E-state index contributed by atoms with van der Waals surface area (Å²) >= 11 is 0. The number of nitrogens with one attached hydrogen (secondary N) is 2. The van der Waals surface area contributed by atoms with E-state index in [1.807, 2.05) is 0 Å². The molecule has 2 fully saturated rings. The molecule has 4 N–H and O–H groups in total. The molecular formula is C16H22N4O2. The largest absolute Gasteiger partial charge is 0.330 e. The van der Waals surface area contributed by atoms with E-state index in [0.717, 1.165) is 32.1 Å². The van der Waals surface area contributed by atoms with E-state index in [2.05, 4.69) is 15.6 Å². The number of amides is 2. The average Bonchev–Trinajstić information content (AvgIpc) is 3.26. The van der Waals surface area contributed by atoms with Crippen LogP contribution in [-0.4, -0.2) is 23.3 Å². The Morgan fingerprint density at radius 2 is 1.95 bits per heavy atom. The molecule has 1 aromatic heterocycles. The second kappa shape index (κ2) is 6.44. The Balaban J connectivity index is 1.56. The van der Waals surface area contributed by atoms with Crippen molar-refractivity contribution in [2.75, 3.05) is 17.2 Å². The van der Waals surface area contributed by atoms with E-state index in [9.17, 15) is 9.59 Å². The van der Waals surface area contributed by atoms with Crippen molar-refractivity contribution in [3.8, 4) is 0 Å². The first-order chi connectivity index (χ1) is 10.7. The van der Waals surface area contributed by atoms with Crippen molar-refractivity contribution >= 4 is 23.3 Å². The maximum Gasteiger partial charge on any atom is 0.228 e. The van der Waals surface area contributed by atoms with Crippen LogP contribution in [0.3, 0.4) is 0 Å². The number of hydrogen-bond acceptors (Lipinski definition) is 4. The van der Waals surface area contributed by atoms with E-state index in [-0.39, 0.29) is 29.6 Å². The minimum absolute atomic E-state index is 0.000698. The molecule has 0 radical (unpaired) electrons. The van der Waals surface area contributed by atoms with Crippen LogP contribution in [0.25, 0.3) is 0 Å². The maximum absolute atomic E-state index is 12.3. The smallest absolute Gasteiger partial charge is 0.228 e. The van der Waals surface area contributed by atoms with E-state index < -0.39 is 0 Å². The van der Waals surface area contributed by atoms with Gasteiger partial charge in [0.05, 0.1) is 11.9 Å². The zero-order valence-electron chi connectivity index (χ0n) is 12.5. The van der Waals surface area contributed by atoms with Gasteiger partial charge in [-0.05, 0) is 50.3 Å². The van der Waals surface area contributed by atoms with E-state index >= 15 is 0 Å². The lowest BCUT2D eigenvalue weighted by Gasteiger charge is -2.17. The van der Waals surface area contributed by atoms with Crippen LogP contribution in [0.4, 0.5) is 11.5 Å². The van der Waals surface area contributed by atoms with Crippen LogP contribution in [0.15, 0.2) is 18.3 Å². The van der Waals surface area contributed by atoms with Gasteiger partial charge < -0.3 is 16.4 Å². The summed E-state index contributed by atoms with van der Waals surface area (Å²) in [5.74, 6) is 1.00. The van der Waals surface area contributed by atoms with Gasteiger partial charge in [-0.1, -0.05) is 6.42 Å². The molecule has 1 aromatic rings. The lowest BCUT2D eigenvalue weighted by molar-refractivity contribution is -0.121. The lowest BCUT2D eigenvalue weighted by Crippen LogP contribution is -2.29. The van der Waals surface area contributed by atoms with Crippen molar-refractivity contribution in [3.63, 3.8) is 0 Å². The molecule has 3 rings (SSSR count). The van der Waals surface area contributed by atoms with Crippen LogP contribution in [0, 0.1) is 17.8 Å². The molecule has 2 aliphatic rings. The van der Waals surface area contributed by atoms with Gasteiger partial charge in [-0.2, -0.15) is 0 Å². The molecule has 0 saturated heterocycles. The fourth-order valence-electron chi connectivity index (χ4n) is 3.01. The fourth-order valence-corrected chi connectivity index (χ4v) is 3.01. The summed E-state index contributed by atoms with van der Waals surface area (Å²) in [7, 11) is 0. The van der Waals surface area contributed by atoms with E-state index in [1.165, 1.54) is 0 Å². The Kier molecular flexibility index (Phi) is 4.38. The van der Waals surface area contributed by atoms with Crippen LogP contribution in [0.2, 0.25) is 0 Å². The fraction of sp³-hybridized carbons (Fsp3) is 0.562. The van der Waals surface area contributed by atoms with Crippen molar-refractivity contribution in [2.45, 2.75) is 32.1 Å². The summed E-state index contributed by atoms with van der Waals surface area (Å²) in [6, 6.07) is 3.48. The van der Waals surface area contributed by atoms with Gasteiger partial charge in [0.1, 0.15) is 5.82 Å². The zero-order valence-corrected chi connectivity index (χ0v) is 12.5. The lowest BCUT2D eigenvalue weighted by atomic mass is 9.95. The van der Waals surface area contributed by atoms with Gasteiger partial charge in [0.2, 0.25) is 11.8 Å². The molecule has 0 unspecified atom stereocenters. The highest BCUT2D eigenvalue weighted by atomic mass is 16.2. The third kappa shape index (κ3) is 3.44. The van der Waals surface area contributed by atoms with E-state index in [0.29, 0.717) is 18.1 Å². The van der Waals surface area contributed by atoms with Crippen LogP contribution >= 0.6 is 0 Å². The van der Waals surface area contributed by atoms with Crippen LogP contribution in [-0.2, 0) is 9.59 Å². The summed E-state index contributed by atoms with van der Waals surface area (Å²) in [6.45, 7) is 0.558. The predicted octanol–water partition coefficient (Wildman–Crippen LogP) is 1.74. The second-order valence-corrected chi connectivity index (χ2v) is 6.22. The Morgan fingerprint density at radius 1 is 1.14 bits per heavy atom. The first-order valence-corrected chi connectivity index (χ1v) is 7.95. The third-order valence-electron chi connectivity index (χ3n) is 4.53. The molecule has 2 saturated carbocycles. The highest BCUT2D eigenvalue weighted by Crippen LogP contribution is 2.32. The number of pyridine rings is 1. The number of carbonyl (C=O) groups excluding carboxylic acids is 2. The van der Waals surface area contributed by atoms with Gasteiger partial charge in [0, 0.05) is 11.8 Å². The molecule has 2 aliphatic carbocycles. The topological polar surface area (TPSA) is 97.1 Å². The first-order valence-electron chi connectivity index (χ1n) is 7.95. The van der Waals surface area contributed by atoms with E-state index in [1.54, 1.807) is 18.3 Å². The number of anilines is 2. The van der Waals surface area contributed by atoms with Gasteiger partial charge in [0.15, 0.2) is 0 Å². The third-order valence-corrected chi connectivity index (χ3v) is 4.53. The van der Waals surface area contributed by atoms with E-state index in [4.69, 9.17) is 5.73 Å². The minimum Gasteiger partial charge on any atom is -0.330 e. The quantitative estimate of drug-likeness (QED) is 0.771. The summed E-state index contributed by atoms with van der Waals surface area (Å²) in [5.41, 5.74) is 6.37. The summed E-state index contributed by atoms with van der Waals surface area (Å²) in [6.07, 6.45) is 6.49. The Hall–Kier alpha value is -1.95. The van der Waals surface area contributed by atoms with Crippen molar-refractivity contribution in [1.82, 2.24) is 4.98 Å². The van der Waals surface area contributed by atoms with Crippen molar-refractivity contribution in [1.29, 1.82) is 0 Å². The Labute approximate surface area is 129 Å². The van der Waals surface area contributed by atoms with Gasteiger partial charge in [0.25, 0.3) is 0 Å². The summed E-state index contributed by atoms with van der Waals surface area (Å²) < 4.78 is 0.